The highest BCUT2D eigenvalue weighted by molar-refractivity contribution is 8.69. The second kappa shape index (κ2) is 5.06. The summed E-state index contributed by atoms with van der Waals surface area (Å²) < 4.78 is 50.8. The van der Waals surface area contributed by atoms with E-state index in [0.717, 1.165) is 23.6 Å². The lowest BCUT2D eigenvalue weighted by molar-refractivity contribution is -0.142. The zero-order valence-corrected chi connectivity index (χ0v) is 10.9. The van der Waals surface area contributed by atoms with E-state index in [0.29, 0.717) is 10.8 Å². The Labute approximate surface area is 112 Å². The highest BCUT2D eigenvalue weighted by Gasteiger charge is 2.37. The Bertz CT molecular complexity index is 567. The van der Waals surface area contributed by atoms with Crippen molar-refractivity contribution < 1.29 is 17.6 Å². The number of hydrogen-bond donors (Lipinski definition) is 1. The molecule has 0 fully saturated rings. The molecule has 18 heavy (non-hydrogen) atoms. The van der Waals surface area contributed by atoms with Crippen molar-refractivity contribution in [1.29, 1.82) is 0 Å². The number of aromatic nitrogens is 2. The van der Waals surface area contributed by atoms with E-state index in [4.69, 9.17) is 0 Å². The van der Waals surface area contributed by atoms with Crippen molar-refractivity contribution in [1.82, 2.24) is 9.97 Å². The molecular formula is C9H4F4N2S3. The average molecular weight is 312 g/mol. The minimum absolute atomic E-state index is 0.0610. The quantitative estimate of drug-likeness (QED) is 0.508. The average Bonchev–Trinajstić information content (AvgIpc) is 2.72. The van der Waals surface area contributed by atoms with E-state index >= 15 is 0 Å². The minimum Gasteiger partial charge on any atom is -0.261 e. The van der Waals surface area contributed by atoms with Crippen LogP contribution in [0.5, 0.6) is 0 Å². The number of alkyl halides is 3. The monoisotopic (exact) mass is 312 g/mol. The first kappa shape index (κ1) is 13.6. The first-order chi connectivity index (χ1) is 8.41. The summed E-state index contributed by atoms with van der Waals surface area (Å²) in [6.07, 6.45) is -2.33. The number of thiazole rings is 1. The van der Waals surface area contributed by atoms with Crippen LogP contribution in [0.1, 0.15) is 5.69 Å². The first-order valence-corrected chi connectivity index (χ1v) is 7.10. The van der Waals surface area contributed by atoms with Crippen molar-refractivity contribution in [3.63, 3.8) is 0 Å². The number of nitrogens with zero attached hydrogens (tertiary/aromatic N) is 2. The lowest BCUT2D eigenvalue weighted by Crippen LogP contribution is -2.06. The van der Waals surface area contributed by atoms with Gasteiger partial charge in [-0.05, 0) is 16.9 Å². The van der Waals surface area contributed by atoms with Gasteiger partial charge in [-0.25, -0.2) is 9.37 Å². The van der Waals surface area contributed by atoms with Gasteiger partial charge in [-0.2, -0.15) is 13.2 Å². The van der Waals surface area contributed by atoms with Gasteiger partial charge in [0.15, 0.2) is 5.69 Å². The molecule has 0 atom stereocenters. The number of hydrogen-bond acceptors (Lipinski definition) is 5. The zero-order valence-electron chi connectivity index (χ0n) is 8.40. The van der Waals surface area contributed by atoms with Crippen molar-refractivity contribution in [2.24, 2.45) is 0 Å². The first-order valence-electron chi connectivity index (χ1n) is 4.42. The van der Waals surface area contributed by atoms with Crippen LogP contribution in [0.25, 0.3) is 10.6 Å². The Morgan fingerprint density at radius 3 is 2.50 bits per heavy atom. The SMILES string of the molecule is Fc1cncc(-c2nc(C(F)(F)F)c(SS)s2)c1. The van der Waals surface area contributed by atoms with Gasteiger partial charge in [0.2, 0.25) is 0 Å². The fourth-order valence-corrected chi connectivity index (χ4v) is 3.23. The number of rotatable bonds is 2. The summed E-state index contributed by atoms with van der Waals surface area (Å²) >= 11 is 4.55. The Kier molecular flexibility index (Phi) is 3.83. The molecule has 0 saturated carbocycles. The van der Waals surface area contributed by atoms with Crippen molar-refractivity contribution >= 4 is 33.8 Å². The lowest BCUT2D eigenvalue weighted by atomic mass is 10.3. The molecule has 0 radical (unpaired) electrons. The van der Waals surface area contributed by atoms with Crippen molar-refractivity contribution in [3.8, 4) is 10.6 Å². The Morgan fingerprint density at radius 1 is 1.28 bits per heavy atom. The molecule has 2 aromatic heterocycles. The summed E-state index contributed by atoms with van der Waals surface area (Å²) in [5.74, 6) is -0.628. The van der Waals surface area contributed by atoms with E-state index in [2.05, 4.69) is 21.6 Å². The van der Waals surface area contributed by atoms with Gasteiger partial charge in [-0.3, -0.25) is 4.98 Å². The van der Waals surface area contributed by atoms with Gasteiger partial charge in [0.25, 0.3) is 0 Å². The highest BCUT2D eigenvalue weighted by Crippen LogP contribution is 2.43. The third-order valence-corrected chi connectivity index (χ3v) is 4.58. The number of pyridine rings is 1. The maximum atomic E-state index is 12.9. The van der Waals surface area contributed by atoms with Crippen LogP contribution in [0.15, 0.2) is 22.7 Å². The van der Waals surface area contributed by atoms with Gasteiger partial charge in [-0.15, -0.1) is 23.0 Å². The van der Waals surface area contributed by atoms with E-state index in [-0.39, 0.29) is 14.8 Å². The van der Waals surface area contributed by atoms with Gasteiger partial charge in [0, 0.05) is 11.8 Å². The molecule has 96 valence electrons. The predicted molar refractivity (Wildman–Crippen MR) is 65.1 cm³/mol. The standard InChI is InChI=1S/C9H4F4N2S3/c10-5-1-4(2-14-3-5)7-15-6(9(11,12)13)8(17-7)18-16/h1-3,16H. The van der Waals surface area contributed by atoms with Gasteiger partial charge in [0.05, 0.1) is 6.20 Å². The third-order valence-electron chi connectivity index (χ3n) is 1.90. The van der Waals surface area contributed by atoms with Crippen molar-refractivity contribution in [2.45, 2.75) is 10.4 Å². The van der Waals surface area contributed by atoms with E-state index in [9.17, 15) is 17.6 Å². The molecule has 0 aliphatic carbocycles. The van der Waals surface area contributed by atoms with E-state index in [1.165, 1.54) is 6.20 Å². The molecule has 0 aromatic carbocycles. The van der Waals surface area contributed by atoms with Gasteiger partial charge < -0.3 is 0 Å². The molecule has 0 N–H and O–H groups in total. The summed E-state index contributed by atoms with van der Waals surface area (Å²) in [5, 5.41) is 0.0610. The van der Waals surface area contributed by atoms with E-state index in [1.54, 1.807) is 0 Å². The molecule has 2 nitrogen and oxygen atoms in total. The Hall–Kier alpha value is -0.800. The maximum absolute atomic E-state index is 12.9. The summed E-state index contributed by atoms with van der Waals surface area (Å²) in [4.78, 5) is 7.05. The Morgan fingerprint density at radius 2 is 2.00 bits per heavy atom. The van der Waals surface area contributed by atoms with Crippen molar-refractivity contribution in [3.05, 3.63) is 30.0 Å². The van der Waals surface area contributed by atoms with Crippen LogP contribution < -0.4 is 0 Å². The summed E-state index contributed by atoms with van der Waals surface area (Å²) in [7, 11) is 0.658. The largest absolute Gasteiger partial charge is 0.435 e. The summed E-state index contributed by atoms with van der Waals surface area (Å²) in [5.41, 5.74) is -0.800. The molecule has 0 saturated heterocycles. The van der Waals surface area contributed by atoms with Gasteiger partial charge >= 0.3 is 6.18 Å². The molecular weight excluding hydrogens is 308 g/mol. The van der Waals surface area contributed by atoms with Crippen LogP contribution in [0, 0.1) is 5.82 Å². The Balaban J connectivity index is 2.51. The van der Waals surface area contributed by atoms with Crippen LogP contribution in [0.3, 0.4) is 0 Å². The summed E-state index contributed by atoms with van der Waals surface area (Å²) in [6.45, 7) is 0. The van der Waals surface area contributed by atoms with Crippen molar-refractivity contribution in [2.75, 3.05) is 0 Å². The second-order valence-corrected chi connectivity index (χ2v) is 5.53. The molecule has 2 rings (SSSR count). The van der Waals surface area contributed by atoms with Crippen LogP contribution in [0.4, 0.5) is 17.6 Å². The molecule has 2 heterocycles. The highest BCUT2D eigenvalue weighted by atomic mass is 33.1. The molecule has 0 aliphatic heterocycles. The van der Waals surface area contributed by atoms with Gasteiger partial charge in [-0.1, -0.05) is 0 Å². The predicted octanol–water partition coefficient (Wildman–Crippen LogP) is 4.30. The lowest BCUT2D eigenvalue weighted by Gasteiger charge is -2.02. The third kappa shape index (κ3) is 2.78. The molecule has 0 unspecified atom stereocenters. The van der Waals surface area contributed by atoms with Crippen LogP contribution in [-0.2, 0) is 6.18 Å². The normalized spacial score (nSPS) is 11.8. The molecule has 0 aliphatic rings. The molecule has 9 heteroatoms. The smallest absolute Gasteiger partial charge is 0.261 e. The molecule has 0 amide bonds. The number of halogens is 4. The van der Waals surface area contributed by atoms with E-state index < -0.39 is 17.7 Å². The minimum atomic E-state index is -4.55. The van der Waals surface area contributed by atoms with E-state index in [1.807, 2.05) is 0 Å². The molecule has 0 bridgehead atoms. The van der Waals surface area contributed by atoms with Crippen LogP contribution in [0.2, 0.25) is 0 Å². The second-order valence-electron chi connectivity index (χ2n) is 3.14. The molecule has 2 aromatic rings. The fraction of sp³-hybridized carbons (Fsp3) is 0.111. The molecule has 0 spiro atoms. The van der Waals surface area contributed by atoms with Crippen LogP contribution in [-0.4, -0.2) is 9.97 Å². The maximum Gasteiger partial charge on any atom is 0.435 e. The topological polar surface area (TPSA) is 25.8 Å². The fourth-order valence-electron chi connectivity index (χ4n) is 1.20. The van der Waals surface area contributed by atoms with Crippen LogP contribution >= 0.6 is 33.8 Å². The summed E-state index contributed by atoms with van der Waals surface area (Å²) in [6, 6.07) is 1.08. The number of thiol groups is 1. The van der Waals surface area contributed by atoms with Gasteiger partial charge in [0.1, 0.15) is 15.0 Å². The zero-order chi connectivity index (χ0) is 13.3.